The van der Waals surface area contributed by atoms with Crippen LogP contribution in [-0.4, -0.2) is 10.9 Å². The number of pyridine rings is 1. The summed E-state index contributed by atoms with van der Waals surface area (Å²) in [6, 6.07) is 1.53. The van der Waals surface area contributed by atoms with E-state index in [4.69, 9.17) is 11.0 Å². The van der Waals surface area contributed by atoms with Gasteiger partial charge in [-0.05, 0) is 15.9 Å². The van der Waals surface area contributed by atoms with Crippen LogP contribution in [0.1, 0.15) is 27.9 Å². The van der Waals surface area contributed by atoms with Crippen molar-refractivity contribution in [2.75, 3.05) is 0 Å². The summed E-state index contributed by atoms with van der Waals surface area (Å²) in [5.74, 6) is -1.05. The highest BCUT2D eigenvalue weighted by atomic mass is 79.9. The minimum absolute atomic E-state index is 0.0932. The fourth-order valence-corrected chi connectivity index (χ4v) is 1.56. The fraction of sp³-hybridized carbons (Fsp3) is 0.125. The first-order chi connectivity index (χ1) is 6.99. The van der Waals surface area contributed by atoms with E-state index in [0.29, 0.717) is 0 Å². The van der Waals surface area contributed by atoms with Crippen LogP contribution in [0.5, 0.6) is 0 Å². The second-order valence-corrected chi connectivity index (χ2v) is 3.28. The molecule has 0 aliphatic carbocycles. The lowest BCUT2D eigenvalue weighted by atomic mass is 10.1. The number of primary amides is 1. The van der Waals surface area contributed by atoms with Gasteiger partial charge < -0.3 is 5.73 Å². The van der Waals surface area contributed by atoms with Gasteiger partial charge in [-0.25, -0.2) is 13.8 Å². The topological polar surface area (TPSA) is 79.8 Å². The standard InChI is InChI=1S/C8H4BrF2N3O/c9-6-5(8(13)15)4(7(10)11)3(1-12)2-14-6/h2,7H,(H2,13,15). The summed E-state index contributed by atoms with van der Waals surface area (Å²) in [6.07, 6.45) is -2.00. The third kappa shape index (κ3) is 2.10. The zero-order chi connectivity index (χ0) is 11.6. The normalized spacial score (nSPS) is 10.1. The van der Waals surface area contributed by atoms with E-state index in [-0.39, 0.29) is 10.2 Å². The number of carbonyl (C=O) groups excluding carboxylic acids is 1. The van der Waals surface area contributed by atoms with Crippen molar-refractivity contribution >= 4 is 21.8 Å². The number of nitrogens with zero attached hydrogens (tertiary/aromatic N) is 2. The summed E-state index contributed by atoms with van der Waals surface area (Å²) in [5.41, 5.74) is 3.42. The first-order valence-corrected chi connectivity index (χ1v) is 4.44. The molecule has 0 aromatic carbocycles. The second-order valence-electron chi connectivity index (χ2n) is 2.53. The predicted octanol–water partition coefficient (Wildman–Crippen LogP) is 1.75. The Morgan fingerprint density at radius 3 is 2.67 bits per heavy atom. The number of carbonyl (C=O) groups is 1. The van der Waals surface area contributed by atoms with Crippen LogP contribution in [0.15, 0.2) is 10.8 Å². The van der Waals surface area contributed by atoms with Crippen molar-refractivity contribution in [1.29, 1.82) is 5.26 Å². The zero-order valence-electron chi connectivity index (χ0n) is 7.17. The van der Waals surface area contributed by atoms with Crippen LogP contribution in [-0.2, 0) is 0 Å². The number of hydrogen-bond acceptors (Lipinski definition) is 3. The van der Waals surface area contributed by atoms with Gasteiger partial charge in [0.25, 0.3) is 12.3 Å². The van der Waals surface area contributed by atoms with Gasteiger partial charge in [0.1, 0.15) is 10.7 Å². The van der Waals surface area contributed by atoms with Gasteiger partial charge in [0.2, 0.25) is 0 Å². The number of nitrogens with two attached hydrogens (primary N) is 1. The SMILES string of the molecule is N#Cc1cnc(Br)c(C(N)=O)c1C(F)F. The van der Waals surface area contributed by atoms with Crippen LogP contribution in [0.4, 0.5) is 8.78 Å². The Labute approximate surface area is 91.8 Å². The molecule has 2 N–H and O–H groups in total. The van der Waals surface area contributed by atoms with E-state index in [9.17, 15) is 13.6 Å². The smallest absolute Gasteiger partial charge is 0.266 e. The highest BCUT2D eigenvalue weighted by molar-refractivity contribution is 9.10. The highest BCUT2D eigenvalue weighted by Gasteiger charge is 2.24. The average molecular weight is 276 g/mol. The molecule has 0 unspecified atom stereocenters. The van der Waals surface area contributed by atoms with E-state index in [1.165, 1.54) is 6.07 Å². The van der Waals surface area contributed by atoms with Crippen LogP contribution in [0, 0.1) is 11.3 Å². The molecule has 1 aromatic heterocycles. The van der Waals surface area contributed by atoms with E-state index in [1.54, 1.807) is 0 Å². The molecular weight excluding hydrogens is 272 g/mol. The van der Waals surface area contributed by atoms with E-state index in [0.717, 1.165) is 6.20 Å². The molecule has 0 aliphatic heterocycles. The van der Waals surface area contributed by atoms with Gasteiger partial charge in [0.15, 0.2) is 0 Å². The monoisotopic (exact) mass is 275 g/mol. The van der Waals surface area contributed by atoms with E-state index < -0.39 is 23.5 Å². The molecule has 0 radical (unpaired) electrons. The minimum Gasteiger partial charge on any atom is -0.366 e. The molecule has 0 atom stereocenters. The third-order valence-electron chi connectivity index (χ3n) is 1.66. The molecule has 1 heterocycles. The Balaban J connectivity index is 3.60. The van der Waals surface area contributed by atoms with E-state index in [1.807, 2.05) is 0 Å². The molecule has 4 nitrogen and oxygen atoms in total. The van der Waals surface area contributed by atoms with Crippen molar-refractivity contribution < 1.29 is 13.6 Å². The Morgan fingerprint density at radius 1 is 1.67 bits per heavy atom. The zero-order valence-corrected chi connectivity index (χ0v) is 8.75. The lowest BCUT2D eigenvalue weighted by Crippen LogP contribution is -2.16. The lowest BCUT2D eigenvalue weighted by molar-refractivity contribution is 0.0984. The summed E-state index contributed by atoms with van der Waals surface area (Å²) >= 11 is 2.82. The summed E-state index contributed by atoms with van der Waals surface area (Å²) in [4.78, 5) is 14.5. The molecule has 1 rings (SSSR count). The largest absolute Gasteiger partial charge is 0.366 e. The minimum atomic E-state index is -2.96. The van der Waals surface area contributed by atoms with Crippen molar-refractivity contribution in [3.8, 4) is 6.07 Å². The molecule has 15 heavy (non-hydrogen) atoms. The van der Waals surface area contributed by atoms with Gasteiger partial charge in [0, 0.05) is 6.20 Å². The predicted molar refractivity (Wildman–Crippen MR) is 50.1 cm³/mol. The number of amides is 1. The van der Waals surface area contributed by atoms with Crippen LogP contribution in [0.2, 0.25) is 0 Å². The van der Waals surface area contributed by atoms with E-state index in [2.05, 4.69) is 20.9 Å². The maximum atomic E-state index is 12.6. The number of hydrogen-bond donors (Lipinski definition) is 1. The van der Waals surface area contributed by atoms with Gasteiger partial charge in [-0.15, -0.1) is 0 Å². The number of halogens is 3. The van der Waals surface area contributed by atoms with Gasteiger partial charge >= 0.3 is 0 Å². The second kappa shape index (κ2) is 4.31. The van der Waals surface area contributed by atoms with E-state index >= 15 is 0 Å². The van der Waals surface area contributed by atoms with Crippen LogP contribution in [0.3, 0.4) is 0 Å². The van der Waals surface area contributed by atoms with Crippen molar-refractivity contribution in [2.24, 2.45) is 5.73 Å². The first-order valence-electron chi connectivity index (χ1n) is 3.65. The molecule has 0 spiro atoms. The first kappa shape index (κ1) is 11.5. The molecule has 0 aliphatic rings. The maximum Gasteiger partial charge on any atom is 0.266 e. The quantitative estimate of drug-likeness (QED) is 0.835. The fourth-order valence-electron chi connectivity index (χ4n) is 1.05. The average Bonchev–Trinajstić information content (AvgIpc) is 2.16. The van der Waals surface area contributed by atoms with Gasteiger partial charge in [-0.1, -0.05) is 0 Å². The van der Waals surface area contributed by atoms with Crippen LogP contribution >= 0.6 is 15.9 Å². The number of rotatable bonds is 2. The highest BCUT2D eigenvalue weighted by Crippen LogP contribution is 2.29. The molecule has 0 fully saturated rings. The summed E-state index contributed by atoms with van der Waals surface area (Å²) < 4.78 is 25.1. The molecule has 0 saturated carbocycles. The molecule has 0 saturated heterocycles. The van der Waals surface area contributed by atoms with Crippen molar-refractivity contribution in [2.45, 2.75) is 6.43 Å². The molecule has 0 bridgehead atoms. The molecular formula is C8H4BrF2N3O. The number of alkyl halides is 2. The van der Waals surface area contributed by atoms with Crippen LogP contribution in [0.25, 0.3) is 0 Å². The Morgan fingerprint density at radius 2 is 2.27 bits per heavy atom. The Bertz CT molecular complexity index is 456. The maximum absolute atomic E-state index is 12.6. The Hall–Kier alpha value is -1.55. The van der Waals surface area contributed by atoms with Crippen LogP contribution < -0.4 is 5.73 Å². The summed E-state index contributed by atoms with van der Waals surface area (Å²) in [7, 11) is 0. The van der Waals surface area contributed by atoms with Crippen molar-refractivity contribution in [3.05, 3.63) is 27.5 Å². The third-order valence-corrected chi connectivity index (χ3v) is 2.26. The van der Waals surface area contributed by atoms with Crippen molar-refractivity contribution in [3.63, 3.8) is 0 Å². The van der Waals surface area contributed by atoms with Crippen molar-refractivity contribution in [1.82, 2.24) is 4.98 Å². The Kier molecular flexibility index (Phi) is 3.31. The van der Waals surface area contributed by atoms with Gasteiger partial charge in [0.05, 0.1) is 16.7 Å². The van der Waals surface area contributed by atoms with Gasteiger partial charge in [-0.2, -0.15) is 5.26 Å². The summed E-state index contributed by atoms with van der Waals surface area (Å²) in [5, 5.41) is 8.57. The number of nitriles is 1. The van der Waals surface area contributed by atoms with Gasteiger partial charge in [-0.3, -0.25) is 4.79 Å². The number of aromatic nitrogens is 1. The molecule has 78 valence electrons. The summed E-state index contributed by atoms with van der Waals surface area (Å²) in [6.45, 7) is 0. The molecule has 1 amide bonds. The molecule has 7 heteroatoms. The molecule has 1 aromatic rings. The lowest BCUT2D eigenvalue weighted by Gasteiger charge is -2.08.